The van der Waals surface area contributed by atoms with Gasteiger partial charge in [0.25, 0.3) is 0 Å². The quantitative estimate of drug-likeness (QED) is 0.811. The van der Waals surface area contributed by atoms with E-state index in [4.69, 9.17) is 4.74 Å². The maximum atomic E-state index is 12.3. The molecule has 130 valence electrons. The van der Waals surface area contributed by atoms with Crippen LogP contribution in [0.3, 0.4) is 0 Å². The maximum absolute atomic E-state index is 12.3. The third-order valence-electron chi connectivity index (χ3n) is 5.77. The van der Waals surface area contributed by atoms with Crippen molar-refractivity contribution < 1.29 is 13.2 Å². The minimum absolute atomic E-state index is 0.110. The molecule has 0 aromatic carbocycles. The van der Waals surface area contributed by atoms with Crippen LogP contribution in [-0.2, 0) is 14.8 Å². The van der Waals surface area contributed by atoms with Gasteiger partial charge in [0, 0.05) is 12.6 Å². The summed E-state index contributed by atoms with van der Waals surface area (Å²) in [5.41, 5.74) is 0.375. The van der Waals surface area contributed by atoms with Crippen molar-refractivity contribution in [2.45, 2.75) is 84.3 Å². The minimum Gasteiger partial charge on any atom is -0.377 e. The first kappa shape index (κ1) is 18.2. The Morgan fingerprint density at radius 1 is 1.09 bits per heavy atom. The van der Waals surface area contributed by atoms with Crippen molar-refractivity contribution in [1.29, 1.82) is 0 Å². The predicted molar refractivity (Wildman–Crippen MR) is 90.3 cm³/mol. The molecule has 1 saturated heterocycles. The van der Waals surface area contributed by atoms with Crippen LogP contribution in [0.2, 0.25) is 0 Å². The normalized spacial score (nSPS) is 31.1. The van der Waals surface area contributed by atoms with Crippen LogP contribution in [0.15, 0.2) is 0 Å². The van der Waals surface area contributed by atoms with Crippen LogP contribution in [0.5, 0.6) is 0 Å². The Bertz CT molecular complexity index is 433. The van der Waals surface area contributed by atoms with Gasteiger partial charge in [-0.15, -0.1) is 0 Å². The fourth-order valence-corrected chi connectivity index (χ4v) is 5.36. The molecule has 22 heavy (non-hydrogen) atoms. The minimum atomic E-state index is -3.21. The van der Waals surface area contributed by atoms with Crippen LogP contribution >= 0.6 is 0 Å². The van der Waals surface area contributed by atoms with E-state index in [1.807, 2.05) is 0 Å². The zero-order valence-electron chi connectivity index (χ0n) is 14.4. The Balaban J connectivity index is 1.79. The van der Waals surface area contributed by atoms with Crippen molar-refractivity contribution in [3.8, 4) is 0 Å². The molecule has 0 radical (unpaired) electrons. The van der Waals surface area contributed by atoms with Gasteiger partial charge in [-0.3, -0.25) is 0 Å². The Hall–Kier alpha value is -0.130. The fraction of sp³-hybridized carbons (Fsp3) is 1.00. The third-order valence-corrected chi connectivity index (χ3v) is 7.27. The molecule has 0 bridgehead atoms. The number of nitrogens with one attached hydrogen (secondary N) is 1. The summed E-state index contributed by atoms with van der Waals surface area (Å²) in [5.74, 6) is 0.854. The summed E-state index contributed by atoms with van der Waals surface area (Å²) in [6, 6.07) is 0.123. The molecule has 5 heteroatoms. The van der Waals surface area contributed by atoms with E-state index in [9.17, 15) is 8.42 Å². The Morgan fingerprint density at radius 3 is 2.32 bits per heavy atom. The molecule has 4 nitrogen and oxygen atoms in total. The van der Waals surface area contributed by atoms with Gasteiger partial charge in [-0.2, -0.15) is 0 Å². The lowest BCUT2D eigenvalue weighted by molar-refractivity contribution is 0.0303. The third kappa shape index (κ3) is 5.20. The van der Waals surface area contributed by atoms with Crippen LogP contribution in [0.25, 0.3) is 0 Å². The molecule has 0 spiro atoms. The maximum Gasteiger partial charge on any atom is 0.214 e. The lowest BCUT2D eigenvalue weighted by Gasteiger charge is -2.39. The molecule has 2 aliphatic rings. The first-order chi connectivity index (χ1) is 10.3. The van der Waals surface area contributed by atoms with Gasteiger partial charge in [0.15, 0.2) is 0 Å². The van der Waals surface area contributed by atoms with Crippen LogP contribution < -0.4 is 4.72 Å². The van der Waals surface area contributed by atoms with E-state index >= 15 is 0 Å². The summed E-state index contributed by atoms with van der Waals surface area (Å²) in [5, 5.41) is 0. The second kappa shape index (κ2) is 7.63. The van der Waals surface area contributed by atoms with E-state index in [2.05, 4.69) is 25.5 Å². The summed E-state index contributed by atoms with van der Waals surface area (Å²) in [7, 11) is -3.21. The average molecular weight is 332 g/mol. The Kier molecular flexibility index (Phi) is 6.31. The van der Waals surface area contributed by atoms with Gasteiger partial charge in [-0.25, -0.2) is 13.1 Å². The van der Waals surface area contributed by atoms with Gasteiger partial charge in [0.1, 0.15) is 0 Å². The van der Waals surface area contributed by atoms with Gasteiger partial charge in [-0.05, 0) is 56.3 Å². The molecule has 1 unspecified atom stereocenters. The first-order valence-corrected chi connectivity index (χ1v) is 10.6. The number of hydrogen-bond donors (Lipinski definition) is 1. The van der Waals surface area contributed by atoms with E-state index < -0.39 is 10.0 Å². The molecule has 2 fully saturated rings. The number of ether oxygens (including phenoxy) is 1. The van der Waals surface area contributed by atoms with Gasteiger partial charge >= 0.3 is 0 Å². The highest BCUT2D eigenvalue weighted by atomic mass is 32.2. The lowest BCUT2D eigenvalue weighted by Crippen LogP contribution is -2.43. The molecular weight excluding hydrogens is 298 g/mol. The summed E-state index contributed by atoms with van der Waals surface area (Å²) in [4.78, 5) is 0. The number of rotatable bonds is 6. The van der Waals surface area contributed by atoms with Crippen molar-refractivity contribution >= 4 is 10.0 Å². The summed E-state index contributed by atoms with van der Waals surface area (Å²) in [6.07, 6.45) is 8.30. The van der Waals surface area contributed by atoms with Gasteiger partial charge in [0.05, 0.1) is 11.9 Å². The zero-order chi connectivity index (χ0) is 16.2. The van der Waals surface area contributed by atoms with E-state index in [0.717, 1.165) is 50.9 Å². The van der Waals surface area contributed by atoms with Crippen LogP contribution in [-0.4, -0.2) is 32.9 Å². The Morgan fingerprint density at radius 2 is 1.77 bits per heavy atom. The van der Waals surface area contributed by atoms with Crippen LogP contribution in [0.4, 0.5) is 0 Å². The molecule has 2 rings (SSSR count). The van der Waals surface area contributed by atoms with Crippen molar-refractivity contribution in [2.75, 3.05) is 12.4 Å². The van der Waals surface area contributed by atoms with E-state index in [0.29, 0.717) is 12.0 Å². The van der Waals surface area contributed by atoms with Crippen molar-refractivity contribution in [2.24, 2.45) is 11.3 Å². The molecule has 1 atom stereocenters. The standard InChI is InChI=1S/C17H33NO3S/c1-4-17(2,3)14-8-10-15(11-9-14)18-22(19,20)13-16-7-5-6-12-21-16/h14-16,18H,4-13H2,1-3H3. The van der Waals surface area contributed by atoms with Gasteiger partial charge in [-0.1, -0.05) is 27.2 Å². The molecular formula is C17H33NO3S. The molecule has 0 amide bonds. The smallest absolute Gasteiger partial charge is 0.214 e. The van der Waals surface area contributed by atoms with E-state index in [1.165, 1.54) is 6.42 Å². The topological polar surface area (TPSA) is 55.4 Å². The zero-order valence-corrected chi connectivity index (χ0v) is 15.3. The van der Waals surface area contributed by atoms with E-state index in [1.54, 1.807) is 0 Å². The molecule has 0 aromatic heterocycles. The highest BCUT2D eigenvalue weighted by molar-refractivity contribution is 7.89. The molecule has 1 N–H and O–H groups in total. The second-order valence-corrected chi connectivity index (χ2v) is 9.58. The fourth-order valence-electron chi connectivity index (χ4n) is 3.77. The molecule has 1 heterocycles. The van der Waals surface area contributed by atoms with Gasteiger partial charge in [0.2, 0.25) is 10.0 Å². The summed E-state index contributed by atoms with van der Waals surface area (Å²) < 4.78 is 33.1. The first-order valence-electron chi connectivity index (χ1n) is 8.94. The van der Waals surface area contributed by atoms with Crippen molar-refractivity contribution in [3.63, 3.8) is 0 Å². The second-order valence-electron chi connectivity index (χ2n) is 7.78. The molecule has 0 aromatic rings. The van der Waals surface area contributed by atoms with Crippen molar-refractivity contribution in [3.05, 3.63) is 0 Å². The average Bonchev–Trinajstić information content (AvgIpc) is 2.48. The number of hydrogen-bond acceptors (Lipinski definition) is 3. The summed E-state index contributed by atoms with van der Waals surface area (Å²) in [6.45, 7) is 7.63. The van der Waals surface area contributed by atoms with Crippen molar-refractivity contribution in [1.82, 2.24) is 4.72 Å². The van der Waals surface area contributed by atoms with Crippen LogP contribution in [0, 0.1) is 11.3 Å². The molecule has 1 aliphatic carbocycles. The summed E-state index contributed by atoms with van der Waals surface area (Å²) >= 11 is 0. The SMILES string of the molecule is CCC(C)(C)C1CCC(NS(=O)(=O)CC2CCCCO2)CC1. The molecule has 1 saturated carbocycles. The lowest BCUT2D eigenvalue weighted by atomic mass is 9.69. The largest absolute Gasteiger partial charge is 0.377 e. The van der Waals surface area contributed by atoms with Gasteiger partial charge < -0.3 is 4.74 Å². The Labute approximate surface area is 136 Å². The predicted octanol–water partition coefficient (Wildman–Crippen LogP) is 3.47. The molecule has 1 aliphatic heterocycles. The highest BCUT2D eigenvalue weighted by Gasteiger charge is 2.33. The monoisotopic (exact) mass is 331 g/mol. The highest BCUT2D eigenvalue weighted by Crippen LogP contribution is 2.40. The van der Waals surface area contributed by atoms with Crippen LogP contribution in [0.1, 0.15) is 72.1 Å². The van der Waals surface area contributed by atoms with E-state index in [-0.39, 0.29) is 17.9 Å². The number of sulfonamides is 1.